The molecule has 0 saturated carbocycles. The second kappa shape index (κ2) is 8.70. The second-order valence-corrected chi connectivity index (χ2v) is 5.13. The van der Waals surface area contributed by atoms with E-state index in [1.165, 1.54) is 0 Å². The van der Waals surface area contributed by atoms with E-state index < -0.39 is 0 Å². The van der Waals surface area contributed by atoms with Crippen LogP contribution in [0.3, 0.4) is 0 Å². The van der Waals surface area contributed by atoms with E-state index in [0.29, 0.717) is 17.7 Å². The number of carbonyl (C=O) groups excluding carboxylic acids is 2. The van der Waals surface area contributed by atoms with Crippen molar-refractivity contribution in [3.05, 3.63) is 71.3 Å². The number of carbonyl (C=O) groups is 2. The number of rotatable bonds is 7. The van der Waals surface area contributed by atoms with E-state index in [1.807, 2.05) is 37.3 Å². The van der Waals surface area contributed by atoms with Gasteiger partial charge in [-0.25, -0.2) is 5.43 Å². The SMILES string of the molecule is CCCNNC(=O)c1ccc(CNC(=O)c2ccccc2)cc1. The van der Waals surface area contributed by atoms with Gasteiger partial charge in [0.05, 0.1) is 0 Å². The summed E-state index contributed by atoms with van der Waals surface area (Å²) in [5.74, 6) is -0.283. The maximum absolute atomic E-state index is 12.0. The minimum absolute atomic E-state index is 0.115. The summed E-state index contributed by atoms with van der Waals surface area (Å²) in [4.78, 5) is 23.8. The van der Waals surface area contributed by atoms with Gasteiger partial charge in [0.1, 0.15) is 0 Å². The van der Waals surface area contributed by atoms with Gasteiger partial charge < -0.3 is 5.32 Å². The first-order chi connectivity index (χ1) is 11.2. The molecule has 0 aliphatic rings. The molecule has 0 bridgehead atoms. The molecule has 2 aromatic carbocycles. The first kappa shape index (κ1) is 16.7. The minimum Gasteiger partial charge on any atom is -0.348 e. The Morgan fingerprint density at radius 3 is 2.17 bits per heavy atom. The standard InChI is InChI=1S/C18H21N3O2/c1-2-12-20-21-18(23)16-10-8-14(9-11-16)13-19-17(22)15-6-4-3-5-7-15/h3-11,20H,2,12-13H2,1H3,(H,19,22)(H,21,23). The number of hydrazine groups is 1. The van der Waals surface area contributed by atoms with Gasteiger partial charge in [-0.15, -0.1) is 0 Å². The molecule has 0 aliphatic carbocycles. The summed E-state index contributed by atoms with van der Waals surface area (Å²) < 4.78 is 0. The lowest BCUT2D eigenvalue weighted by molar-refractivity contribution is 0.0929. The lowest BCUT2D eigenvalue weighted by atomic mass is 10.1. The third-order valence-corrected chi connectivity index (χ3v) is 3.28. The highest BCUT2D eigenvalue weighted by Gasteiger charge is 2.06. The zero-order valence-electron chi connectivity index (χ0n) is 13.1. The number of benzene rings is 2. The smallest absolute Gasteiger partial charge is 0.265 e. The highest BCUT2D eigenvalue weighted by Crippen LogP contribution is 2.05. The van der Waals surface area contributed by atoms with Crippen LogP contribution in [-0.4, -0.2) is 18.4 Å². The first-order valence-electron chi connectivity index (χ1n) is 7.66. The van der Waals surface area contributed by atoms with Crippen LogP contribution >= 0.6 is 0 Å². The van der Waals surface area contributed by atoms with E-state index in [1.54, 1.807) is 24.3 Å². The van der Waals surface area contributed by atoms with Gasteiger partial charge in [-0.05, 0) is 36.2 Å². The fourth-order valence-corrected chi connectivity index (χ4v) is 1.99. The molecular formula is C18H21N3O2. The molecule has 0 spiro atoms. The van der Waals surface area contributed by atoms with Crippen molar-refractivity contribution >= 4 is 11.8 Å². The second-order valence-electron chi connectivity index (χ2n) is 5.13. The first-order valence-corrected chi connectivity index (χ1v) is 7.66. The molecule has 3 N–H and O–H groups in total. The summed E-state index contributed by atoms with van der Waals surface area (Å²) in [6, 6.07) is 16.2. The molecule has 0 unspecified atom stereocenters. The van der Waals surface area contributed by atoms with E-state index in [0.717, 1.165) is 18.5 Å². The number of hydrogen-bond donors (Lipinski definition) is 3. The average Bonchev–Trinajstić information content (AvgIpc) is 2.61. The molecule has 2 amide bonds. The van der Waals surface area contributed by atoms with Gasteiger partial charge in [0.15, 0.2) is 0 Å². The zero-order valence-corrected chi connectivity index (χ0v) is 13.1. The van der Waals surface area contributed by atoms with Crippen LogP contribution in [0, 0.1) is 0 Å². The number of hydrogen-bond acceptors (Lipinski definition) is 3. The normalized spacial score (nSPS) is 10.1. The third kappa shape index (κ3) is 5.23. The van der Waals surface area contributed by atoms with Gasteiger partial charge in [0.2, 0.25) is 0 Å². The van der Waals surface area contributed by atoms with Gasteiger partial charge in [-0.2, -0.15) is 0 Å². The van der Waals surface area contributed by atoms with Crippen molar-refractivity contribution in [2.24, 2.45) is 0 Å². The predicted octanol–water partition coefficient (Wildman–Crippen LogP) is 2.26. The van der Waals surface area contributed by atoms with Crippen LogP contribution in [0.4, 0.5) is 0 Å². The molecule has 0 saturated heterocycles. The Morgan fingerprint density at radius 2 is 1.52 bits per heavy atom. The topological polar surface area (TPSA) is 70.2 Å². The van der Waals surface area contributed by atoms with Crippen LogP contribution in [-0.2, 0) is 6.54 Å². The lowest BCUT2D eigenvalue weighted by Crippen LogP contribution is -2.37. The molecule has 120 valence electrons. The van der Waals surface area contributed by atoms with Crippen molar-refractivity contribution in [1.82, 2.24) is 16.2 Å². The van der Waals surface area contributed by atoms with Crippen molar-refractivity contribution in [2.45, 2.75) is 19.9 Å². The van der Waals surface area contributed by atoms with Crippen molar-refractivity contribution in [1.29, 1.82) is 0 Å². The van der Waals surface area contributed by atoms with Crippen LogP contribution < -0.4 is 16.2 Å². The Hall–Kier alpha value is -2.66. The largest absolute Gasteiger partial charge is 0.348 e. The molecule has 0 atom stereocenters. The van der Waals surface area contributed by atoms with E-state index in [4.69, 9.17) is 0 Å². The molecule has 0 aromatic heterocycles. The minimum atomic E-state index is -0.168. The highest BCUT2D eigenvalue weighted by molar-refractivity contribution is 5.94. The molecule has 23 heavy (non-hydrogen) atoms. The summed E-state index contributed by atoms with van der Waals surface area (Å²) in [5, 5.41) is 2.85. The van der Waals surface area contributed by atoms with E-state index in [-0.39, 0.29) is 11.8 Å². The quantitative estimate of drug-likeness (QED) is 0.542. The third-order valence-electron chi connectivity index (χ3n) is 3.28. The Bertz CT molecular complexity index is 639. The summed E-state index contributed by atoms with van der Waals surface area (Å²) in [7, 11) is 0. The molecule has 0 heterocycles. The summed E-state index contributed by atoms with van der Waals surface area (Å²) in [5.41, 5.74) is 7.63. The molecule has 0 radical (unpaired) electrons. The summed E-state index contributed by atoms with van der Waals surface area (Å²) >= 11 is 0. The van der Waals surface area contributed by atoms with Crippen LogP contribution in [0.2, 0.25) is 0 Å². The summed E-state index contributed by atoms with van der Waals surface area (Å²) in [6.45, 7) is 3.18. The molecule has 2 aromatic rings. The fraction of sp³-hybridized carbons (Fsp3) is 0.222. The average molecular weight is 311 g/mol. The van der Waals surface area contributed by atoms with Gasteiger partial charge in [-0.3, -0.25) is 15.0 Å². The Labute approximate surface area is 136 Å². The molecule has 5 heteroatoms. The van der Waals surface area contributed by atoms with Gasteiger partial charge >= 0.3 is 0 Å². The lowest BCUT2D eigenvalue weighted by Gasteiger charge is -2.08. The fourth-order valence-electron chi connectivity index (χ4n) is 1.99. The van der Waals surface area contributed by atoms with Crippen molar-refractivity contribution in [3.63, 3.8) is 0 Å². The zero-order chi connectivity index (χ0) is 16.5. The number of nitrogens with one attached hydrogen (secondary N) is 3. The molecule has 0 aliphatic heterocycles. The van der Waals surface area contributed by atoms with Crippen molar-refractivity contribution in [2.75, 3.05) is 6.54 Å². The molecular weight excluding hydrogens is 290 g/mol. The van der Waals surface area contributed by atoms with Gasteiger partial charge in [-0.1, -0.05) is 37.3 Å². The summed E-state index contributed by atoms with van der Waals surface area (Å²) in [6.07, 6.45) is 0.945. The van der Waals surface area contributed by atoms with E-state index >= 15 is 0 Å². The maximum atomic E-state index is 12.0. The van der Waals surface area contributed by atoms with Gasteiger partial charge in [0, 0.05) is 24.2 Å². The Morgan fingerprint density at radius 1 is 0.870 bits per heavy atom. The molecule has 2 rings (SSSR count). The predicted molar refractivity (Wildman–Crippen MR) is 89.8 cm³/mol. The molecule has 0 fully saturated rings. The van der Waals surface area contributed by atoms with Gasteiger partial charge in [0.25, 0.3) is 11.8 Å². The Balaban J connectivity index is 1.85. The van der Waals surface area contributed by atoms with Crippen molar-refractivity contribution < 1.29 is 9.59 Å². The Kier molecular flexibility index (Phi) is 6.32. The number of amides is 2. The van der Waals surface area contributed by atoms with Crippen LogP contribution in [0.1, 0.15) is 39.6 Å². The van der Waals surface area contributed by atoms with Crippen LogP contribution in [0.25, 0.3) is 0 Å². The van der Waals surface area contributed by atoms with Crippen LogP contribution in [0.5, 0.6) is 0 Å². The maximum Gasteiger partial charge on any atom is 0.265 e. The molecule has 5 nitrogen and oxygen atoms in total. The highest BCUT2D eigenvalue weighted by atomic mass is 16.2. The van der Waals surface area contributed by atoms with Crippen LogP contribution in [0.15, 0.2) is 54.6 Å². The van der Waals surface area contributed by atoms with E-state index in [9.17, 15) is 9.59 Å². The van der Waals surface area contributed by atoms with Crippen molar-refractivity contribution in [3.8, 4) is 0 Å². The monoisotopic (exact) mass is 311 g/mol. The van der Waals surface area contributed by atoms with E-state index in [2.05, 4.69) is 16.2 Å².